The Balaban J connectivity index is 0.000000236. The van der Waals surface area contributed by atoms with Gasteiger partial charge in [-0.15, -0.1) is 0 Å². The predicted molar refractivity (Wildman–Crippen MR) is 179 cm³/mol. The van der Waals surface area contributed by atoms with Gasteiger partial charge in [-0.1, -0.05) is 30.3 Å². The second-order valence-electron chi connectivity index (χ2n) is 12.6. The zero-order chi connectivity index (χ0) is 34.4. The van der Waals surface area contributed by atoms with Crippen molar-refractivity contribution in [3.8, 4) is 11.4 Å². The first-order valence-electron chi connectivity index (χ1n) is 16.5. The molecule has 3 aromatic carbocycles. The lowest BCUT2D eigenvalue weighted by Crippen LogP contribution is -2.44. The zero-order valence-corrected chi connectivity index (χ0v) is 28.0. The van der Waals surface area contributed by atoms with E-state index in [0.29, 0.717) is 30.7 Å². The van der Waals surface area contributed by atoms with E-state index in [0.717, 1.165) is 48.3 Å². The molecule has 0 bridgehead atoms. The van der Waals surface area contributed by atoms with Crippen LogP contribution in [0.2, 0.25) is 0 Å². The Labute approximate surface area is 281 Å². The molecule has 2 amide bonds. The van der Waals surface area contributed by atoms with E-state index in [-0.39, 0.29) is 35.5 Å². The van der Waals surface area contributed by atoms with E-state index < -0.39 is 12.0 Å². The monoisotopic (exact) mass is 658 g/mol. The summed E-state index contributed by atoms with van der Waals surface area (Å²) in [6.07, 6.45) is 6.77. The molecule has 4 atom stereocenters. The van der Waals surface area contributed by atoms with E-state index in [2.05, 4.69) is 4.98 Å². The number of aromatic nitrogens is 2. The van der Waals surface area contributed by atoms with Gasteiger partial charge in [-0.25, -0.2) is 13.8 Å². The lowest BCUT2D eigenvalue weighted by Gasteiger charge is -2.38. The van der Waals surface area contributed by atoms with Crippen LogP contribution in [0.4, 0.5) is 8.78 Å². The van der Waals surface area contributed by atoms with Crippen LogP contribution in [0.3, 0.4) is 0 Å². The minimum absolute atomic E-state index is 0.0494. The van der Waals surface area contributed by atoms with E-state index >= 15 is 0 Å². The Morgan fingerprint density at radius 1 is 0.833 bits per heavy atom. The second-order valence-corrected chi connectivity index (χ2v) is 12.6. The zero-order valence-electron chi connectivity index (χ0n) is 28.0. The van der Waals surface area contributed by atoms with E-state index in [9.17, 15) is 23.5 Å². The van der Waals surface area contributed by atoms with Crippen LogP contribution in [0.25, 0.3) is 5.69 Å². The molecule has 48 heavy (non-hydrogen) atoms. The number of amides is 2. The molecule has 6 rings (SSSR count). The quantitative estimate of drug-likeness (QED) is 0.215. The number of hydrogen-bond acceptors (Lipinski definition) is 5. The van der Waals surface area contributed by atoms with Gasteiger partial charge in [0.2, 0.25) is 11.8 Å². The van der Waals surface area contributed by atoms with Crippen molar-refractivity contribution in [1.29, 1.82) is 0 Å². The van der Waals surface area contributed by atoms with E-state index in [4.69, 9.17) is 4.74 Å². The lowest BCUT2D eigenvalue weighted by atomic mass is 9.86. The molecule has 2 aliphatic rings. The van der Waals surface area contributed by atoms with Crippen molar-refractivity contribution >= 4 is 11.8 Å². The fourth-order valence-electron chi connectivity index (χ4n) is 6.56. The van der Waals surface area contributed by atoms with Crippen LogP contribution in [-0.4, -0.2) is 56.5 Å². The number of rotatable bonds is 8. The predicted octanol–water partition coefficient (Wildman–Crippen LogP) is 7.26. The average Bonchev–Trinajstić information content (AvgIpc) is 3.54. The number of aliphatic hydroxyl groups is 1. The number of likely N-dealkylation sites (tertiary alicyclic amines) is 2. The van der Waals surface area contributed by atoms with Crippen molar-refractivity contribution < 1.29 is 28.2 Å². The smallest absolute Gasteiger partial charge is 0.229 e. The van der Waals surface area contributed by atoms with Gasteiger partial charge in [0.05, 0.1) is 48.9 Å². The Bertz CT molecular complexity index is 1690. The van der Waals surface area contributed by atoms with Crippen molar-refractivity contribution in [3.05, 3.63) is 113 Å². The molecule has 2 aliphatic heterocycles. The molecule has 4 aromatic rings. The molecule has 1 N–H and O–H groups in total. The highest BCUT2D eigenvalue weighted by atomic mass is 19.1. The molecule has 1 aromatic heterocycles. The van der Waals surface area contributed by atoms with Crippen LogP contribution in [0, 0.1) is 24.5 Å². The molecule has 0 aliphatic carbocycles. The third-order valence-electron chi connectivity index (χ3n) is 9.43. The fourth-order valence-corrected chi connectivity index (χ4v) is 6.56. The highest BCUT2D eigenvalue weighted by molar-refractivity contribution is 5.81. The van der Waals surface area contributed by atoms with Gasteiger partial charge in [0.15, 0.2) is 0 Å². The Morgan fingerprint density at radius 2 is 1.42 bits per heavy atom. The number of piperidine rings is 2. The van der Waals surface area contributed by atoms with Crippen molar-refractivity contribution in [3.63, 3.8) is 0 Å². The van der Waals surface area contributed by atoms with E-state index in [1.807, 2.05) is 48.6 Å². The van der Waals surface area contributed by atoms with Crippen molar-refractivity contribution in [1.82, 2.24) is 19.4 Å². The number of benzene rings is 3. The number of nitrogens with zero attached hydrogens (tertiary/aromatic N) is 4. The third-order valence-corrected chi connectivity index (χ3v) is 9.43. The van der Waals surface area contributed by atoms with Gasteiger partial charge in [-0.05, 0) is 99.5 Å². The number of carbonyl (C=O) groups is 2. The van der Waals surface area contributed by atoms with Gasteiger partial charge in [0.1, 0.15) is 17.4 Å². The van der Waals surface area contributed by atoms with Crippen molar-refractivity contribution in [2.24, 2.45) is 5.92 Å². The molecule has 3 heterocycles. The molecule has 10 heteroatoms. The number of aliphatic hydroxyl groups excluding tert-OH is 1. The van der Waals surface area contributed by atoms with Crippen molar-refractivity contribution in [2.75, 3.05) is 20.2 Å². The van der Waals surface area contributed by atoms with Crippen LogP contribution in [-0.2, 0) is 9.59 Å². The van der Waals surface area contributed by atoms with Crippen LogP contribution in [0.1, 0.15) is 86.5 Å². The summed E-state index contributed by atoms with van der Waals surface area (Å²) in [5, 5.41) is 11.1. The summed E-state index contributed by atoms with van der Waals surface area (Å²) >= 11 is 0. The summed E-state index contributed by atoms with van der Waals surface area (Å²) in [5.41, 5.74) is 4.20. The van der Waals surface area contributed by atoms with Gasteiger partial charge in [-0.2, -0.15) is 0 Å². The molecular formula is C38H44F2N4O4. The number of hydrogen-bond donors (Lipinski definition) is 1. The summed E-state index contributed by atoms with van der Waals surface area (Å²) in [5.74, 6) is -0.364. The standard InChI is InChI=1S/C25H28FN3O3.C13H16FNO/c1-16-14-28(15-27-16)22-11-8-19(13-23(22)32-3)24(30)21-5-4-12-29(25(21)31)17(2)18-6-9-20(26)10-7-18;1-10(11-5-7-12(14)8-6-11)15-9-3-2-4-13(15)16/h6-11,13-15,17,21,24,30H,4-5,12H2,1-3H3;5-8,10H,2-4,9H2,1H3. The highest BCUT2D eigenvalue weighted by Gasteiger charge is 2.37. The second kappa shape index (κ2) is 15.6. The Hall–Kier alpha value is -4.57. The number of aryl methyl sites for hydroxylation is 1. The summed E-state index contributed by atoms with van der Waals surface area (Å²) in [6.45, 7) is 7.27. The van der Waals surface area contributed by atoms with Gasteiger partial charge in [0, 0.05) is 25.7 Å². The molecule has 0 saturated carbocycles. The topological polar surface area (TPSA) is 87.9 Å². The van der Waals surface area contributed by atoms with Crippen LogP contribution < -0.4 is 4.74 Å². The first-order chi connectivity index (χ1) is 23.1. The molecule has 2 fully saturated rings. The maximum atomic E-state index is 13.3. The number of methoxy groups -OCH3 is 1. The fraction of sp³-hybridized carbons (Fsp3) is 0.395. The van der Waals surface area contributed by atoms with Crippen LogP contribution in [0.5, 0.6) is 5.75 Å². The Morgan fingerprint density at radius 3 is 1.98 bits per heavy atom. The summed E-state index contributed by atoms with van der Waals surface area (Å²) in [4.78, 5) is 33.0. The van der Waals surface area contributed by atoms with Gasteiger partial charge < -0.3 is 24.2 Å². The maximum absolute atomic E-state index is 13.3. The van der Waals surface area contributed by atoms with E-state index in [1.165, 1.54) is 24.3 Å². The Kier molecular flexibility index (Phi) is 11.3. The third kappa shape index (κ3) is 7.93. The van der Waals surface area contributed by atoms with Crippen LogP contribution in [0.15, 0.2) is 79.3 Å². The average molecular weight is 659 g/mol. The van der Waals surface area contributed by atoms with Crippen LogP contribution >= 0.6 is 0 Å². The number of carbonyl (C=O) groups excluding carboxylic acids is 2. The number of halogens is 2. The minimum atomic E-state index is -0.946. The number of ether oxygens (including phenoxy) is 1. The first-order valence-corrected chi connectivity index (χ1v) is 16.5. The molecule has 8 nitrogen and oxygen atoms in total. The van der Waals surface area contributed by atoms with Gasteiger partial charge in [-0.3, -0.25) is 9.59 Å². The van der Waals surface area contributed by atoms with E-state index in [1.54, 1.807) is 48.7 Å². The number of imidazole rings is 1. The first kappa shape index (κ1) is 34.8. The van der Waals surface area contributed by atoms with Crippen molar-refractivity contribution in [2.45, 2.75) is 71.1 Å². The maximum Gasteiger partial charge on any atom is 0.229 e. The molecule has 254 valence electrons. The molecule has 2 saturated heterocycles. The summed E-state index contributed by atoms with van der Waals surface area (Å²) in [7, 11) is 1.58. The molecule has 4 unspecified atom stereocenters. The molecule has 0 spiro atoms. The normalized spacial score (nSPS) is 18.5. The minimum Gasteiger partial charge on any atom is -0.495 e. The van der Waals surface area contributed by atoms with Gasteiger partial charge in [0.25, 0.3) is 0 Å². The largest absolute Gasteiger partial charge is 0.495 e. The molecular weight excluding hydrogens is 614 g/mol. The summed E-state index contributed by atoms with van der Waals surface area (Å²) in [6, 6.07) is 17.9. The SMILES string of the molecule is CC(c1ccc(F)cc1)N1CCCCC1=O.COc1cc(C(O)C2CCCN(C(C)c3ccc(F)cc3)C2=O)ccc1-n1cnc(C)c1. The highest BCUT2D eigenvalue weighted by Crippen LogP contribution is 2.37. The van der Waals surface area contributed by atoms with Gasteiger partial charge >= 0.3 is 0 Å². The summed E-state index contributed by atoms with van der Waals surface area (Å²) < 4.78 is 33.5. The molecule has 0 radical (unpaired) electrons. The lowest BCUT2D eigenvalue weighted by molar-refractivity contribution is -0.145.